The van der Waals surface area contributed by atoms with Gasteiger partial charge in [0.05, 0.1) is 19.0 Å². The predicted molar refractivity (Wildman–Crippen MR) is 97.6 cm³/mol. The minimum Gasteiger partial charge on any atom is -0.497 e. The zero-order chi connectivity index (χ0) is 17.6. The molecule has 0 saturated carbocycles. The summed E-state index contributed by atoms with van der Waals surface area (Å²) in [6, 6.07) is 13.9. The van der Waals surface area contributed by atoms with Crippen LogP contribution in [0.15, 0.2) is 48.7 Å². The van der Waals surface area contributed by atoms with Crippen molar-refractivity contribution in [3.63, 3.8) is 0 Å². The van der Waals surface area contributed by atoms with E-state index in [0.717, 1.165) is 34.8 Å². The van der Waals surface area contributed by atoms with Gasteiger partial charge in [0, 0.05) is 29.4 Å². The van der Waals surface area contributed by atoms with Crippen molar-refractivity contribution in [1.29, 1.82) is 0 Å². The van der Waals surface area contributed by atoms with Crippen LogP contribution in [-0.4, -0.2) is 33.3 Å². The molecule has 0 bridgehead atoms. The number of ether oxygens (including phenoxy) is 1. The lowest BCUT2D eigenvalue weighted by atomic mass is 10.1. The van der Waals surface area contributed by atoms with Gasteiger partial charge in [-0.1, -0.05) is 6.07 Å². The van der Waals surface area contributed by atoms with E-state index in [0.29, 0.717) is 5.95 Å². The molecular formula is C19H21N5O. The quantitative estimate of drug-likeness (QED) is 0.745. The Hall–Kier alpha value is -3.02. The highest BCUT2D eigenvalue weighted by Gasteiger charge is 2.09. The van der Waals surface area contributed by atoms with Crippen LogP contribution in [0.4, 0.5) is 5.95 Å². The second kappa shape index (κ2) is 7.70. The van der Waals surface area contributed by atoms with Crippen LogP contribution in [0, 0.1) is 6.92 Å². The molecule has 0 radical (unpaired) electrons. The minimum atomic E-state index is 0.141. The summed E-state index contributed by atoms with van der Waals surface area (Å²) in [5.74, 6) is 1.32. The number of hydrogen-bond acceptors (Lipinski definition) is 6. The van der Waals surface area contributed by atoms with Crippen molar-refractivity contribution in [3.05, 3.63) is 60.0 Å². The summed E-state index contributed by atoms with van der Waals surface area (Å²) >= 11 is 0. The Balaban J connectivity index is 1.70. The highest BCUT2D eigenvalue weighted by Crippen LogP contribution is 2.20. The number of rotatable bonds is 6. The number of aromatic nitrogens is 4. The molecule has 1 aromatic carbocycles. The molecule has 1 N–H and O–H groups in total. The second-order valence-corrected chi connectivity index (χ2v) is 5.91. The molecule has 2 heterocycles. The first-order valence-electron chi connectivity index (χ1n) is 8.17. The van der Waals surface area contributed by atoms with Crippen molar-refractivity contribution in [1.82, 2.24) is 20.2 Å². The summed E-state index contributed by atoms with van der Waals surface area (Å²) in [6.07, 6.45) is 2.44. The van der Waals surface area contributed by atoms with Crippen LogP contribution < -0.4 is 10.1 Å². The first-order valence-corrected chi connectivity index (χ1v) is 8.17. The molecule has 0 aliphatic carbocycles. The SMILES string of the molecule is COc1ccc(-c2cnnc(NC(C)Cc3cccc(C)n3)n2)cc1. The third kappa shape index (κ3) is 4.50. The van der Waals surface area contributed by atoms with Gasteiger partial charge in [-0.3, -0.25) is 4.98 Å². The first-order chi connectivity index (χ1) is 12.1. The van der Waals surface area contributed by atoms with Gasteiger partial charge in [0.2, 0.25) is 5.95 Å². The lowest BCUT2D eigenvalue weighted by molar-refractivity contribution is 0.415. The number of anilines is 1. The smallest absolute Gasteiger partial charge is 0.243 e. The van der Waals surface area contributed by atoms with E-state index in [-0.39, 0.29) is 6.04 Å². The Bertz CT molecular complexity index is 835. The third-order valence-electron chi connectivity index (χ3n) is 3.78. The average molecular weight is 335 g/mol. The lowest BCUT2D eigenvalue weighted by Gasteiger charge is -2.13. The Morgan fingerprint density at radius 3 is 2.60 bits per heavy atom. The zero-order valence-electron chi connectivity index (χ0n) is 14.6. The standard InChI is InChI=1S/C19H21N5O/c1-13-5-4-6-16(21-13)11-14(2)22-19-23-18(12-20-24-19)15-7-9-17(25-3)10-8-15/h4-10,12,14H,11H2,1-3H3,(H,22,23,24). The maximum Gasteiger partial charge on any atom is 0.243 e. The Kier molecular flexibility index (Phi) is 5.18. The van der Waals surface area contributed by atoms with Crippen molar-refractivity contribution < 1.29 is 4.74 Å². The molecular weight excluding hydrogens is 314 g/mol. The van der Waals surface area contributed by atoms with Gasteiger partial charge in [0.15, 0.2) is 0 Å². The van der Waals surface area contributed by atoms with Gasteiger partial charge in [-0.2, -0.15) is 5.10 Å². The molecule has 1 unspecified atom stereocenters. The molecule has 0 saturated heterocycles. The molecule has 2 aromatic heterocycles. The van der Waals surface area contributed by atoms with Gasteiger partial charge in [0.25, 0.3) is 0 Å². The molecule has 6 nitrogen and oxygen atoms in total. The van der Waals surface area contributed by atoms with Crippen molar-refractivity contribution in [2.75, 3.05) is 12.4 Å². The van der Waals surface area contributed by atoms with Crippen LogP contribution in [0.3, 0.4) is 0 Å². The third-order valence-corrected chi connectivity index (χ3v) is 3.78. The highest BCUT2D eigenvalue weighted by molar-refractivity contribution is 5.60. The van der Waals surface area contributed by atoms with Gasteiger partial charge in [-0.25, -0.2) is 4.98 Å². The van der Waals surface area contributed by atoms with E-state index in [1.807, 2.05) is 49.4 Å². The molecule has 1 atom stereocenters. The minimum absolute atomic E-state index is 0.141. The van der Waals surface area contributed by atoms with Crippen LogP contribution in [-0.2, 0) is 6.42 Å². The van der Waals surface area contributed by atoms with Gasteiger partial charge in [-0.05, 0) is 50.2 Å². The van der Waals surface area contributed by atoms with Crippen molar-refractivity contribution in [2.45, 2.75) is 26.3 Å². The summed E-state index contributed by atoms with van der Waals surface area (Å²) < 4.78 is 5.18. The van der Waals surface area contributed by atoms with E-state index in [1.165, 1.54) is 0 Å². The predicted octanol–water partition coefficient (Wildman–Crippen LogP) is 3.29. The molecule has 0 aliphatic rings. The normalized spacial score (nSPS) is 11.8. The van der Waals surface area contributed by atoms with Gasteiger partial charge < -0.3 is 10.1 Å². The number of nitrogens with zero attached hydrogens (tertiary/aromatic N) is 4. The molecule has 0 fully saturated rings. The number of aryl methyl sites for hydroxylation is 1. The Morgan fingerprint density at radius 1 is 1.08 bits per heavy atom. The lowest BCUT2D eigenvalue weighted by Crippen LogP contribution is -2.20. The maximum atomic E-state index is 5.18. The summed E-state index contributed by atoms with van der Waals surface area (Å²) in [5.41, 5.74) is 3.79. The molecule has 128 valence electrons. The van der Waals surface area contributed by atoms with E-state index in [1.54, 1.807) is 13.3 Å². The van der Waals surface area contributed by atoms with E-state index in [4.69, 9.17) is 4.74 Å². The largest absolute Gasteiger partial charge is 0.497 e. The Morgan fingerprint density at radius 2 is 1.88 bits per heavy atom. The van der Waals surface area contributed by atoms with E-state index >= 15 is 0 Å². The topological polar surface area (TPSA) is 72.8 Å². The number of pyridine rings is 1. The monoisotopic (exact) mass is 335 g/mol. The molecule has 6 heteroatoms. The zero-order valence-corrected chi connectivity index (χ0v) is 14.6. The number of nitrogens with one attached hydrogen (secondary N) is 1. The number of benzene rings is 1. The molecule has 3 aromatic rings. The van der Waals surface area contributed by atoms with Gasteiger partial charge in [-0.15, -0.1) is 5.10 Å². The Labute approximate surface area is 147 Å². The fourth-order valence-electron chi connectivity index (χ4n) is 2.56. The maximum absolute atomic E-state index is 5.18. The van der Waals surface area contributed by atoms with Crippen LogP contribution in [0.5, 0.6) is 5.75 Å². The van der Waals surface area contributed by atoms with Gasteiger partial charge >= 0.3 is 0 Å². The average Bonchev–Trinajstić information content (AvgIpc) is 2.62. The van der Waals surface area contributed by atoms with Crippen LogP contribution in [0.1, 0.15) is 18.3 Å². The number of hydrogen-bond donors (Lipinski definition) is 1. The van der Waals surface area contributed by atoms with Crippen LogP contribution in [0.25, 0.3) is 11.3 Å². The van der Waals surface area contributed by atoms with E-state index in [9.17, 15) is 0 Å². The molecule has 3 rings (SSSR count). The van der Waals surface area contributed by atoms with Gasteiger partial charge in [0.1, 0.15) is 5.75 Å². The van der Waals surface area contributed by atoms with Crippen molar-refractivity contribution in [3.8, 4) is 17.0 Å². The summed E-state index contributed by atoms with van der Waals surface area (Å²) in [4.78, 5) is 9.08. The van der Waals surface area contributed by atoms with Crippen LogP contribution >= 0.6 is 0 Å². The van der Waals surface area contributed by atoms with Crippen LogP contribution in [0.2, 0.25) is 0 Å². The van der Waals surface area contributed by atoms with Crippen molar-refractivity contribution in [2.24, 2.45) is 0 Å². The second-order valence-electron chi connectivity index (χ2n) is 5.91. The first kappa shape index (κ1) is 16.8. The summed E-state index contributed by atoms with van der Waals surface area (Å²) in [7, 11) is 1.65. The highest BCUT2D eigenvalue weighted by atomic mass is 16.5. The summed E-state index contributed by atoms with van der Waals surface area (Å²) in [5, 5.41) is 11.4. The number of methoxy groups -OCH3 is 1. The van der Waals surface area contributed by atoms with E-state index < -0.39 is 0 Å². The van der Waals surface area contributed by atoms with E-state index in [2.05, 4.69) is 32.4 Å². The van der Waals surface area contributed by atoms with Crippen molar-refractivity contribution >= 4 is 5.95 Å². The summed E-state index contributed by atoms with van der Waals surface area (Å²) in [6.45, 7) is 4.07. The molecule has 0 spiro atoms. The fourth-order valence-corrected chi connectivity index (χ4v) is 2.56. The fraction of sp³-hybridized carbons (Fsp3) is 0.263. The molecule has 0 aliphatic heterocycles. The molecule has 0 amide bonds. The molecule has 25 heavy (non-hydrogen) atoms.